The van der Waals surface area contributed by atoms with Crippen LogP contribution >= 0.6 is 0 Å². The molecule has 0 aromatic carbocycles. The summed E-state index contributed by atoms with van der Waals surface area (Å²) in [4.78, 5) is 38.3. The van der Waals surface area contributed by atoms with Crippen molar-refractivity contribution in [2.75, 3.05) is 13.2 Å². The number of ether oxygens (including phenoxy) is 3. The number of hydrogen-bond donors (Lipinski definition) is 0. The lowest BCUT2D eigenvalue weighted by atomic mass is 10.0. The minimum Gasteiger partial charge on any atom is -0.462 e. The van der Waals surface area contributed by atoms with Gasteiger partial charge in [-0.05, 0) is 83.5 Å². The van der Waals surface area contributed by atoms with E-state index in [9.17, 15) is 14.4 Å². The van der Waals surface area contributed by atoms with E-state index in [2.05, 4.69) is 81.5 Å². The third-order valence-corrected chi connectivity index (χ3v) is 14.0. The van der Waals surface area contributed by atoms with Gasteiger partial charge in [-0.15, -0.1) is 0 Å². The SMILES string of the molecule is CC/C=C\C/C=C\C/C=C\C/C=C\CCCCCCC(=O)OC[C@H](COC(=O)CCCCCCCCC/C=C\CCCCCCCC)OC(=O)CCCCCCCCCCCCCCCCCCCCCCC. The molecule has 0 aliphatic carbocycles. The van der Waals surface area contributed by atoms with Gasteiger partial charge in [0.1, 0.15) is 13.2 Å². The molecule has 0 unspecified atom stereocenters. The van der Waals surface area contributed by atoms with Gasteiger partial charge in [0.25, 0.3) is 0 Å². The number of esters is 3. The lowest BCUT2D eigenvalue weighted by Gasteiger charge is -2.18. The summed E-state index contributed by atoms with van der Waals surface area (Å²) in [5.41, 5.74) is 0. The predicted molar refractivity (Wildman–Crippen MR) is 316 cm³/mol. The summed E-state index contributed by atoms with van der Waals surface area (Å²) in [6.45, 7) is 6.55. The Morgan fingerprint density at radius 2 is 0.534 bits per heavy atom. The molecule has 0 saturated carbocycles. The first-order valence-electron chi connectivity index (χ1n) is 31.8. The maximum atomic E-state index is 12.9. The van der Waals surface area contributed by atoms with Crippen LogP contribution in [0.2, 0.25) is 0 Å². The van der Waals surface area contributed by atoms with E-state index in [0.717, 1.165) is 96.3 Å². The zero-order chi connectivity index (χ0) is 52.9. The van der Waals surface area contributed by atoms with Crippen LogP contribution in [0.4, 0.5) is 0 Å². The van der Waals surface area contributed by atoms with Crippen LogP contribution in [0.5, 0.6) is 0 Å². The maximum Gasteiger partial charge on any atom is 0.306 e. The fourth-order valence-electron chi connectivity index (χ4n) is 9.25. The Hall–Kier alpha value is -2.89. The van der Waals surface area contributed by atoms with E-state index in [0.29, 0.717) is 19.3 Å². The minimum absolute atomic E-state index is 0.0815. The molecule has 0 aliphatic rings. The number of carbonyl (C=O) groups is 3. The van der Waals surface area contributed by atoms with Crippen molar-refractivity contribution in [1.82, 2.24) is 0 Å². The molecule has 0 heterocycles. The van der Waals surface area contributed by atoms with Gasteiger partial charge in [0.2, 0.25) is 0 Å². The van der Waals surface area contributed by atoms with Gasteiger partial charge in [-0.1, -0.05) is 287 Å². The largest absolute Gasteiger partial charge is 0.462 e. The Balaban J connectivity index is 4.37. The normalized spacial score (nSPS) is 12.4. The minimum atomic E-state index is -0.785. The number of allylic oxidation sites excluding steroid dienone is 10. The van der Waals surface area contributed by atoms with Crippen molar-refractivity contribution in [2.24, 2.45) is 0 Å². The highest BCUT2D eigenvalue weighted by molar-refractivity contribution is 5.71. The summed E-state index contributed by atoms with van der Waals surface area (Å²) in [5, 5.41) is 0. The van der Waals surface area contributed by atoms with E-state index < -0.39 is 6.10 Å². The second-order valence-electron chi connectivity index (χ2n) is 21.3. The summed E-state index contributed by atoms with van der Waals surface area (Å²) < 4.78 is 16.9. The van der Waals surface area contributed by atoms with Gasteiger partial charge in [-0.2, -0.15) is 0 Å². The van der Waals surface area contributed by atoms with Crippen LogP contribution in [0.3, 0.4) is 0 Å². The Kier molecular flexibility index (Phi) is 59.2. The molecule has 0 N–H and O–H groups in total. The molecule has 73 heavy (non-hydrogen) atoms. The molecule has 0 rings (SSSR count). The average Bonchev–Trinajstić information content (AvgIpc) is 3.39. The Morgan fingerprint density at radius 1 is 0.288 bits per heavy atom. The van der Waals surface area contributed by atoms with Crippen LogP contribution in [0.15, 0.2) is 60.8 Å². The van der Waals surface area contributed by atoms with Gasteiger partial charge in [-0.25, -0.2) is 0 Å². The summed E-state index contributed by atoms with van der Waals surface area (Å²) in [6.07, 6.45) is 77.9. The molecule has 0 aliphatic heterocycles. The number of unbranched alkanes of at least 4 members (excludes halogenated alkanes) is 37. The van der Waals surface area contributed by atoms with Gasteiger partial charge in [-0.3, -0.25) is 14.4 Å². The van der Waals surface area contributed by atoms with Crippen LogP contribution in [0.25, 0.3) is 0 Å². The van der Waals surface area contributed by atoms with Crippen molar-refractivity contribution in [3.63, 3.8) is 0 Å². The molecular formula is C67H120O6. The third-order valence-electron chi connectivity index (χ3n) is 14.0. The van der Waals surface area contributed by atoms with E-state index in [1.54, 1.807) is 0 Å². The van der Waals surface area contributed by atoms with Gasteiger partial charge in [0.15, 0.2) is 6.10 Å². The first-order valence-corrected chi connectivity index (χ1v) is 31.8. The standard InChI is InChI=1S/C67H120O6/c1-4-7-10-13-16-19-22-25-28-31-32-33-34-37-40-43-46-49-52-55-58-61-67(70)73-64(62-71-65(68)59-56-53-50-47-44-41-38-35-29-26-23-20-17-14-11-8-5-2)63-72-66(69)60-57-54-51-48-45-42-39-36-30-27-24-21-18-15-12-9-6-3/h8,11,17,20,26-27,29-30,38,41,64H,4-7,9-10,12-16,18-19,21-25,28,31-37,39-40,42-63H2,1-3H3/b11-8-,20-17-,29-26-,30-27-,41-38-/t64-/m1/s1. The molecule has 0 bridgehead atoms. The van der Waals surface area contributed by atoms with Gasteiger partial charge in [0, 0.05) is 19.3 Å². The van der Waals surface area contributed by atoms with Crippen molar-refractivity contribution in [1.29, 1.82) is 0 Å². The molecule has 0 aromatic rings. The van der Waals surface area contributed by atoms with Crippen LogP contribution < -0.4 is 0 Å². The monoisotopic (exact) mass is 1020 g/mol. The summed E-state index contributed by atoms with van der Waals surface area (Å²) in [6, 6.07) is 0. The summed E-state index contributed by atoms with van der Waals surface area (Å²) >= 11 is 0. The van der Waals surface area contributed by atoms with Gasteiger partial charge < -0.3 is 14.2 Å². The molecule has 0 radical (unpaired) electrons. The van der Waals surface area contributed by atoms with E-state index in [-0.39, 0.29) is 31.1 Å². The van der Waals surface area contributed by atoms with E-state index >= 15 is 0 Å². The molecule has 6 nitrogen and oxygen atoms in total. The fraction of sp³-hybridized carbons (Fsp3) is 0.806. The highest BCUT2D eigenvalue weighted by atomic mass is 16.6. The highest BCUT2D eigenvalue weighted by Gasteiger charge is 2.19. The first kappa shape index (κ1) is 70.1. The lowest BCUT2D eigenvalue weighted by Crippen LogP contribution is -2.30. The van der Waals surface area contributed by atoms with Crippen LogP contribution in [-0.2, 0) is 28.6 Å². The fourth-order valence-corrected chi connectivity index (χ4v) is 9.25. The Labute approximate surface area is 453 Å². The molecule has 0 fully saturated rings. The molecule has 0 spiro atoms. The average molecular weight is 1020 g/mol. The number of carbonyl (C=O) groups excluding carboxylic acids is 3. The Morgan fingerprint density at radius 3 is 0.849 bits per heavy atom. The van der Waals surface area contributed by atoms with Crippen molar-refractivity contribution in [3.8, 4) is 0 Å². The predicted octanol–water partition coefficient (Wildman–Crippen LogP) is 21.6. The third kappa shape index (κ3) is 59.9. The van der Waals surface area contributed by atoms with Crippen LogP contribution in [0.1, 0.15) is 329 Å². The second-order valence-corrected chi connectivity index (χ2v) is 21.3. The van der Waals surface area contributed by atoms with E-state index in [4.69, 9.17) is 14.2 Å². The zero-order valence-electron chi connectivity index (χ0n) is 48.7. The molecule has 0 amide bonds. The molecule has 1 atom stereocenters. The van der Waals surface area contributed by atoms with Crippen LogP contribution in [0, 0.1) is 0 Å². The van der Waals surface area contributed by atoms with Crippen molar-refractivity contribution in [2.45, 2.75) is 335 Å². The van der Waals surface area contributed by atoms with Gasteiger partial charge >= 0.3 is 17.9 Å². The van der Waals surface area contributed by atoms with Crippen molar-refractivity contribution < 1.29 is 28.6 Å². The van der Waals surface area contributed by atoms with Gasteiger partial charge in [0.05, 0.1) is 0 Å². The molecule has 0 aromatic heterocycles. The topological polar surface area (TPSA) is 78.9 Å². The first-order chi connectivity index (χ1) is 36.0. The van der Waals surface area contributed by atoms with Crippen LogP contribution in [-0.4, -0.2) is 37.2 Å². The maximum absolute atomic E-state index is 12.9. The smallest absolute Gasteiger partial charge is 0.306 e. The lowest BCUT2D eigenvalue weighted by molar-refractivity contribution is -0.167. The zero-order valence-corrected chi connectivity index (χ0v) is 48.7. The number of rotatable bonds is 58. The molecule has 424 valence electrons. The van der Waals surface area contributed by atoms with Crippen molar-refractivity contribution in [3.05, 3.63) is 60.8 Å². The van der Waals surface area contributed by atoms with E-state index in [1.807, 2.05) is 0 Å². The van der Waals surface area contributed by atoms with Crippen molar-refractivity contribution >= 4 is 17.9 Å². The molecular weight excluding hydrogens is 901 g/mol. The number of hydrogen-bond acceptors (Lipinski definition) is 6. The Bertz CT molecular complexity index is 1310. The quantitative estimate of drug-likeness (QED) is 0.0261. The molecule has 6 heteroatoms. The molecule has 0 saturated heterocycles. The highest BCUT2D eigenvalue weighted by Crippen LogP contribution is 2.17. The summed E-state index contributed by atoms with van der Waals surface area (Å²) in [7, 11) is 0. The van der Waals surface area contributed by atoms with E-state index in [1.165, 1.54) is 193 Å². The summed E-state index contributed by atoms with van der Waals surface area (Å²) in [5.74, 6) is -0.891. The second kappa shape index (κ2) is 61.7.